The fourth-order valence-electron chi connectivity index (χ4n) is 3.12. The maximum absolute atomic E-state index is 6.07. The van der Waals surface area contributed by atoms with Gasteiger partial charge in [0.15, 0.2) is 0 Å². The zero-order valence-electron chi connectivity index (χ0n) is 15.5. The molecule has 29 heavy (non-hydrogen) atoms. The van der Waals surface area contributed by atoms with Gasteiger partial charge in [-0.1, -0.05) is 30.3 Å². The van der Waals surface area contributed by atoms with Crippen molar-refractivity contribution in [3.8, 4) is 34.5 Å². The van der Waals surface area contributed by atoms with Gasteiger partial charge in [-0.2, -0.15) is 0 Å². The number of fused-ring (bicyclic) bond motifs is 1. The Labute approximate surface area is 167 Å². The average molecular weight is 379 g/mol. The van der Waals surface area contributed by atoms with Crippen LogP contribution in [0.4, 0.5) is 0 Å². The number of rotatable bonds is 5. The maximum Gasteiger partial charge on any atom is 0.219 e. The van der Waals surface area contributed by atoms with Gasteiger partial charge >= 0.3 is 0 Å². The number of aromatic nitrogens is 3. The molecule has 5 nitrogen and oxygen atoms in total. The fraction of sp³-hybridized carbons (Fsp3) is 0. The highest BCUT2D eigenvalue weighted by Gasteiger charge is 2.08. The number of imidazole rings is 1. The van der Waals surface area contributed by atoms with Crippen LogP contribution >= 0.6 is 0 Å². The summed E-state index contributed by atoms with van der Waals surface area (Å²) in [4.78, 5) is 8.74. The molecule has 2 aromatic carbocycles. The molecule has 0 bridgehead atoms. The van der Waals surface area contributed by atoms with Crippen LogP contribution in [0.2, 0.25) is 0 Å². The van der Waals surface area contributed by atoms with E-state index in [1.807, 2.05) is 97.3 Å². The Morgan fingerprint density at radius 3 is 2.31 bits per heavy atom. The molecule has 0 saturated carbocycles. The first-order chi connectivity index (χ1) is 14.3. The Morgan fingerprint density at radius 2 is 1.45 bits per heavy atom. The standard InChI is InChI=1S/C24H17N3O2/c1-3-13-25-23(12-1)29-22-11-6-10-21(16-22)28-20-9-5-7-18(15-20)24-26-17-19-8-2-4-14-27(19)24/h1-17H. The zero-order chi connectivity index (χ0) is 19.5. The summed E-state index contributed by atoms with van der Waals surface area (Å²) in [6, 6.07) is 26.9. The van der Waals surface area contributed by atoms with Crippen molar-refractivity contribution in [1.82, 2.24) is 14.4 Å². The first-order valence-electron chi connectivity index (χ1n) is 9.24. The van der Waals surface area contributed by atoms with Crippen molar-refractivity contribution in [2.45, 2.75) is 0 Å². The predicted octanol–water partition coefficient (Wildman–Crippen LogP) is 5.98. The van der Waals surface area contributed by atoms with Crippen LogP contribution in [0.25, 0.3) is 16.9 Å². The fourth-order valence-corrected chi connectivity index (χ4v) is 3.12. The van der Waals surface area contributed by atoms with Gasteiger partial charge in [-0.15, -0.1) is 0 Å². The number of pyridine rings is 2. The third-order valence-electron chi connectivity index (χ3n) is 4.43. The van der Waals surface area contributed by atoms with Crippen LogP contribution in [0.5, 0.6) is 23.1 Å². The smallest absolute Gasteiger partial charge is 0.219 e. The van der Waals surface area contributed by atoms with E-state index in [0.717, 1.165) is 22.7 Å². The van der Waals surface area contributed by atoms with Crippen LogP contribution in [0.1, 0.15) is 0 Å². The Hall–Kier alpha value is -4.12. The number of benzene rings is 2. The van der Waals surface area contributed by atoms with E-state index in [9.17, 15) is 0 Å². The van der Waals surface area contributed by atoms with Crippen LogP contribution in [-0.4, -0.2) is 14.4 Å². The van der Waals surface area contributed by atoms with Crippen molar-refractivity contribution >= 4 is 5.52 Å². The van der Waals surface area contributed by atoms with E-state index in [2.05, 4.69) is 14.4 Å². The van der Waals surface area contributed by atoms with Crippen LogP contribution in [0.3, 0.4) is 0 Å². The van der Waals surface area contributed by atoms with E-state index in [4.69, 9.17) is 9.47 Å². The topological polar surface area (TPSA) is 48.7 Å². The predicted molar refractivity (Wildman–Crippen MR) is 111 cm³/mol. The van der Waals surface area contributed by atoms with E-state index in [1.54, 1.807) is 6.20 Å². The summed E-state index contributed by atoms with van der Waals surface area (Å²) in [5.74, 6) is 3.49. The molecule has 0 N–H and O–H groups in total. The van der Waals surface area contributed by atoms with E-state index in [-0.39, 0.29) is 0 Å². The van der Waals surface area contributed by atoms with Gasteiger partial charge in [0, 0.05) is 30.1 Å². The molecule has 0 fully saturated rings. The Morgan fingerprint density at radius 1 is 0.655 bits per heavy atom. The first-order valence-corrected chi connectivity index (χ1v) is 9.24. The van der Waals surface area contributed by atoms with Crippen LogP contribution in [-0.2, 0) is 0 Å². The van der Waals surface area contributed by atoms with Gasteiger partial charge in [0.25, 0.3) is 0 Å². The maximum atomic E-state index is 6.07. The lowest BCUT2D eigenvalue weighted by Gasteiger charge is -2.10. The Bertz CT molecular complexity index is 1270. The first kappa shape index (κ1) is 17.0. The summed E-state index contributed by atoms with van der Waals surface area (Å²) in [6.45, 7) is 0. The number of hydrogen-bond acceptors (Lipinski definition) is 4. The van der Waals surface area contributed by atoms with Crippen LogP contribution < -0.4 is 9.47 Å². The van der Waals surface area contributed by atoms with Gasteiger partial charge in [0.2, 0.25) is 5.88 Å². The molecule has 0 amide bonds. The van der Waals surface area contributed by atoms with Gasteiger partial charge < -0.3 is 9.47 Å². The molecular weight excluding hydrogens is 362 g/mol. The largest absolute Gasteiger partial charge is 0.457 e. The molecule has 3 aromatic heterocycles. The van der Waals surface area contributed by atoms with Gasteiger partial charge in [-0.05, 0) is 42.5 Å². The summed E-state index contributed by atoms with van der Waals surface area (Å²) in [5, 5.41) is 0. The molecule has 3 heterocycles. The average Bonchev–Trinajstić information content (AvgIpc) is 3.19. The molecular formula is C24H17N3O2. The molecule has 5 heteroatoms. The van der Waals surface area contributed by atoms with Gasteiger partial charge in [0.1, 0.15) is 23.1 Å². The number of ether oxygens (including phenoxy) is 2. The molecule has 0 aliphatic rings. The van der Waals surface area contributed by atoms with E-state index < -0.39 is 0 Å². The highest BCUT2D eigenvalue weighted by molar-refractivity contribution is 5.63. The van der Waals surface area contributed by atoms with E-state index >= 15 is 0 Å². The number of nitrogens with zero attached hydrogens (tertiary/aromatic N) is 3. The van der Waals surface area contributed by atoms with Crippen molar-refractivity contribution in [2.24, 2.45) is 0 Å². The van der Waals surface area contributed by atoms with Crippen LogP contribution in [0, 0.1) is 0 Å². The zero-order valence-corrected chi connectivity index (χ0v) is 15.5. The Kier molecular flexibility index (Phi) is 4.39. The lowest BCUT2D eigenvalue weighted by Crippen LogP contribution is -1.91. The number of hydrogen-bond donors (Lipinski definition) is 0. The molecule has 0 saturated heterocycles. The molecule has 5 aromatic rings. The van der Waals surface area contributed by atoms with Crippen molar-refractivity contribution in [1.29, 1.82) is 0 Å². The van der Waals surface area contributed by atoms with Gasteiger partial charge in [0.05, 0.1) is 11.7 Å². The SMILES string of the molecule is c1ccc(Oc2cccc(Oc3cccc(-c4ncc5ccccn45)c3)c2)nc1. The second kappa shape index (κ2) is 7.48. The minimum absolute atomic E-state index is 0.540. The van der Waals surface area contributed by atoms with Crippen molar-refractivity contribution in [2.75, 3.05) is 0 Å². The van der Waals surface area contributed by atoms with E-state index in [1.165, 1.54) is 0 Å². The van der Waals surface area contributed by atoms with Crippen molar-refractivity contribution < 1.29 is 9.47 Å². The second-order valence-electron chi connectivity index (χ2n) is 6.45. The summed E-state index contributed by atoms with van der Waals surface area (Å²) >= 11 is 0. The highest BCUT2D eigenvalue weighted by Crippen LogP contribution is 2.30. The third-order valence-corrected chi connectivity index (χ3v) is 4.43. The van der Waals surface area contributed by atoms with Gasteiger partial charge in [-0.3, -0.25) is 4.40 Å². The summed E-state index contributed by atoms with van der Waals surface area (Å²) in [7, 11) is 0. The molecule has 0 aliphatic heterocycles. The molecule has 140 valence electrons. The molecule has 0 atom stereocenters. The second-order valence-corrected chi connectivity index (χ2v) is 6.45. The molecule has 0 radical (unpaired) electrons. The van der Waals surface area contributed by atoms with Crippen molar-refractivity contribution in [3.63, 3.8) is 0 Å². The normalized spacial score (nSPS) is 10.8. The molecule has 0 unspecified atom stereocenters. The van der Waals surface area contributed by atoms with Crippen LogP contribution in [0.15, 0.2) is 104 Å². The lowest BCUT2D eigenvalue weighted by atomic mass is 10.2. The molecule has 5 rings (SSSR count). The molecule has 0 spiro atoms. The lowest BCUT2D eigenvalue weighted by molar-refractivity contribution is 0.449. The monoisotopic (exact) mass is 379 g/mol. The quantitative estimate of drug-likeness (QED) is 0.377. The summed E-state index contributed by atoms with van der Waals surface area (Å²) in [6.07, 6.45) is 5.56. The minimum atomic E-state index is 0.540. The molecule has 0 aliphatic carbocycles. The Balaban J connectivity index is 1.40. The van der Waals surface area contributed by atoms with E-state index in [0.29, 0.717) is 17.4 Å². The van der Waals surface area contributed by atoms with Crippen molar-refractivity contribution in [3.05, 3.63) is 104 Å². The summed E-state index contributed by atoms with van der Waals surface area (Å²) in [5.41, 5.74) is 2.03. The summed E-state index contributed by atoms with van der Waals surface area (Å²) < 4.78 is 13.9. The third kappa shape index (κ3) is 3.66. The minimum Gasteiger partial charge on any atom is -0.457 e. The van der Waals surface area contributed by atoms with Gasteiger partial charge in [-0.25, -0.2) is 9.97 Å². The highest BCUT2D eigenvalue weighted by atomic mass is 16.5.